The normalized spacial score (nSPS) is 15.7. The molecule has 2 N–H and O–H groups in total. The Kier molecular flexibility index (Phi) is 5.00. The van der Waals surface area contributed by atoms with E-state index in [0.29, 0.717) is 24.7 Å². The number of rotatable bonds is 4. The molecule has 24 heavy (non-hydrogen) atoms. The first-order valence-electron chi connectivity index (χ1n) is 7.67. The fourth-order valence-electron chi connectivity index (χ4n) is 2.62. The highest BCUT2D eigenvalue weighted by Gasteiger charge is 2.22. The molecule has 3 amide bonds. The summed E-state index contributed by atoms with van der Waals surface area (Å²) in [5, 5.41) is 10.5. The molecule has 1 aromatic carbocycles. The van der Waals surface area contributed by atoms with Gasteiger partial charge in [0, 0.05) is 37.1 Å². The number of hydrogen-bond acceptors (Lipinski definition) is 3. The van der Waals surface area contributed by atoms with Crippen molar-refractivity contribution in [3.05, 3.63) is 53.3 Å². The van der Waals surface area contributed by atoms with Gasteiger partial charge in [-0.15, -0.1) is 0 Å². The summed E-state index contributed by atoms with van der Waals surface area (Å²) >= 11 is 5.95. The Labute approximate surface area is 144 Å². The lowest BCUT2D eigenvalue weighted by atomic mass is 10.1. The predicted molar refractivity (Wildman–Crippen MR) is 89.8 cm³/mol. The number of piperazine rings is 1. The minimum absolute atomic E-state index is 0.0826. The smallest absolute Gasteiger partial charge is 0.318 e. The average Bonchev–Trinajstić information content (AvgIpc) is 3.11. The maximum Gasteiger partial charge on any atom is 0.318 e. The van der Waals surface area contributed by atoms with E-state index in [1.165, 1.54) is 4.90 Å². The number of urea groups is 1. The lowest BCUT2D eigenvalue weighted by molar-refractivity contribution is -0.123. The molecule has 0 saturated carbocycles. The van der Waals surface area contributed by atoms with Crippen molar-refractivity contribution in [3.63, 3.8) is 0 Å². The Hall–Kier alpha value is -2.54. The summed E-state index contributed by atoms with van der Waals surface area (Å²) in [5.74, 6) is -0.141. The zero-order valence-corrected chi connectivity index (χ0v) is 13.7. The minimum Gasteiger partial charge on any atom is -0.353 e. The summed E-state index contributed by atoms with van der Waals surface area (Å²) in [7, 11) is 0. The Morgan fingerprint density at radius 3 is 2.83 bits per heavy atom. The highest BCUT2D eigenvalue weighted by molar-refractivity contribution is 6.30. The van der Waals surface area contributed by atoms with Crippen molar-refractivity contribution in [2.24, 2.45) is 0 Å². The second kappa shape index (κ2) is 7.35. The van der Waals surface area contributed by atoms with Crippen LogP contribution >= 0.6 is 11.6 Å². The standard InChI is InChI=1S/C16H18ClN5O2/c17-13-4-2-12(3-5-13)14(22-8-1-6-20-22)10-19-16(24)21-9-7-18-15(23)11-21/h1-6,8,14H,7,9-11H2,(H,18,23)(H,19,24). The Morgan fingerprint density at radius 1 is 1.38 bits per heavy atom. The predicted octanol–water partition coefficient (Wildman–Crippen LogP) is 1.27. The summed E-state index contributed by atoms with van der Waals surface area (Å²) in [6.07, 6.45) is 3.54. The topological polar surface area (TPSA) is 79.3 Å². The molecular weight excluding hydrogens is 330 g/mol. The van der Waals surface area contributed by atoms with E-state index in [4.69, 9.17) is 11.6 Å². The first kappa shape index (κ1) is 16.3. The van der Waals surface area contributed by atoms with Crippen LogP contribution in [-0.2, 0) is 4.79 Å². The SMILES string of the molecule is O=C1CN(C(=O)NCC(c2ccc(Cl)cc2)n2cccn2)CCN1. The second-order valence-electron chi connectivity index (χ2n) is 5.51. The average molecular weight is 348 g/mol. The molecular formula is C16H18ClN5O2. The van der Waals surface area contributed by atoms with Gasteiger partial charge in [0.25, 0.3) is 0 Å². The monoisotopic (exact) mass is 347 g/mol. The highest BCUT2D eigenvalue weighted by Crippen LogP contribution is 2.19. The molecule has 1 aromatic heterocycles. The maximum absolute atomic E-state index is 12.3. The van der Waals surface area contributed by atoms with Gasteiger partial charge in [-0.1, -0.05) is 23.7 Å². The number of hydrogen-bond donors (Lipinski definition) is 2. The fraction of sp³-hybridized carbons (Fsp3) is 0.312. The van der Waals surface area contributed by atoms with Gasteiger partial charge in [0.05, 0.1) is 6.04 Å². The molecule has 1 saturated heterocycles. The van der Waals surface area contributed by atoms with Gasteiger partial charge in [-0.25, -0.2) is 4.79 Å². The lowest BCUT2D eigenvalue weighted by Gasteiger charge is -2.28. The van der Waals surface area contributed by atoms with Crippen molar-refractivity contribution in [1.82, 2.24) is 25.3 Å². The quantitative estimate of drug-likeness (QED) is 0.874. The van der Waals surface area contributed by atoms with Crippen LogP contribution in [0.1, 0.15) is 11.6 Å². The molecule has 0 aliphatic carbocycles. The van der Waals surface area contributed by atoms with Crippen LogP contribution in [0.5, 0.6) is 0 Å². The van der Waals surface area contributed by atoms with Crippen molar-refractivity contribution in [3.8, 4) is 0 Å². The summed E-state index contributed by atoms with van der Waals surface area (Å²) in [5.41, 5.74) is 0.986. The molecule has 1 unspecified atom stereocenters. The van der Waals surface area contributed by atoms with E-state index in [9.17, 15) is 9.59 Å². The third-order valence-electron chi connectivity index (χ3n) is 3.87. The number of carbonyl (C=O) groups is 2. The van der Waals surface area contributed by atoms with Crippen LogP contribution in [0.2, 0.25) is 5.02 Å². The molecule has 1 atom stereocenters. The largest absolute Gasteiger partial charge is 0.353 e. The fourth-order valence-corrected chi connectivity index (χ4v) is 2.75. The summed E-state index contributed by atoms with van der Waals surface area (Å²) < 4.78 is 1.78. The van der Waals surface area contributed by atoms with Crippen LogP contribution in [0.25, 0.3) is 0 Å². The van der Waals surface area contributed by atoms with Gasteiger partial charge < -0.3 is 15.5 Å². The van der Waals surface area contributed by atoms with Gasteiger partial charge in [0.1, 0.15) is 6.54 Å². The van der Waals surface area contributed by atoms with E-state index in [0.717, 1.165) is 5.56 Å². The number of amides is 3. The number of nitrogens with one attached hydrogen (secondary N) is 2. The summed E-state index contributed by atoms with van der Waals surface area (Å²) in [4.78, 5) is 25.2. The second-order valence-corrected chi connectivity index (χ2v) is 5.95. The van der Waals surface area contributed by atoms with Gasteiger partial charge in [-0.2, -0.15) is 5.10 Å². The van der Waals surface area contributed by atoms with Crippen molar-refractivity contribution >= 4 is 23.5 Å². The van der Waals surface area contributed by atoms with Gasteiger partial charge in [0.15, 0.2) is 0 Å². The molecule has 2 heterocycles. The Balaban J connectivity index is 1.69. The number of aromatic nitrogens is 2. The molecule has 8 heteroatoms. The van der Waals surface area contributed by atoms with Crippen LogP contribution < -0.4 is 10.6 Å². The summed E-state index contributed by atoms with van der Waals surface area (Å²) in [6, 6.07) is 8.87. The molecule has 0 bridgehead atoms. The van der Waals surface area contributed by atoms with Crippen molar-refractivity contribution in [1.29, 1.82) is 0 Å². The Morgan fingerprint density at radius 2 is 2.17 bits per heavy atom. The lowest BCUT2D eigenvalue weighted by Crippen LogP contribution is -2.53. The molecule has 1 aliphatic rings. The molecule has 0 radical (unpaired) electrons. The molecule has 1 aliphatic heterocycles. The third kappa shape index (κ3) is 3.86. The molecule has 2 aromatic rings. The molecule has 7 nitrogen and oxygen atoms in total. The zero-order chi connectivity index (χ0) is 16.9. The van der Waals surface area contributed by atoms with Crippen LogP contribution in [0.15, 0.2) is 42.7 Å². The van der Waals surface area contributed by atoms with E-state index < -0.39 is 0 Å². The van der Waals surface area contributed by atoms with Crippen LogP contribution in [-0.4, -0.2) is 52.8 Å². The third-order valence-corrected chi connectivity index (χ3v) is 4.12. The van der Waals surface area contributed by atoms with E-state index in [-0.39, 0.29) is 24.5 Å². The van der Waals surface area contributed by atoms with E-state index in [2.05, 4.69) is 15.7 Å². The number of benzene rings is 1. The molecule has 3 rings (SSSR count). The number of carbonyl (C=O) groups excluding carboxylic acids is 2. The van der Waals surface area contributed by atoms with Crippen LogP contribution in [0.3, 0.4) is 0 Å². The van der Waals surface area contributed by atoms with Crippen LogP contribution in [0.4, 0.5) is 4.79 Å². The van der Waals surface area contributed by atoms with E-state index in [1.54, 1.807) is 10.9 Å². The van der Waals surface area contributed by atoms with Gasteiger partial charge >= 0.3 is 6.03 Å². The maximum atomic E-state index is 12.3. The number of halogens is 1. The first-order valence-corrected chi connectivity index (χ1v) is 8.05. The van der Waals surface area contributed by atoms with Crippen molar-refractivity contribution < 1.29 is 9.59 Å². The molecule has 0 spiro atoms. The van der Waals surface area contributed by atoms with Gasteiger partial charge in [-0.05, 0) is 23.8 Å². The molecule has 126 valence electrons. The Bertz CT molecular complexity index is 702. The van der Waals surface area contributed by atoms with E-state index in [1.807, 2.05) is 36.5 Å². The van der Waals surface area contributed by atoms with E-state index >= 15 is 0 Å². The highest BCUT2D eigenvalue weighted by atomic mass is 35.5. The van der Waals surface area contributed by atoms with Gasteiger partial charge in [-0.3, -0.25) is 9.48 Å². The zero-order valence-electron chi connectivity index (χ0n) is 13.0. The molecule has 1 fully saturated rings. The van der Waals surface area contributed by atoms with Gasteiger partial charge in [0.2, 0.25) is 5.91 Å². The summed E-state index contributed by atoms with van der Waals surface area (Å²) in [6.45, 7) is 1.43. The van der Waals surface area contributed by atoms with Crippen molar-refractivity contribution in [2.75, 3.05) is 26.2 Å². The van der Waals surface area contributed by atoms with Crippen molar-refractivity contribution in [2.45, 2.75) is 6.04 Å². The van der Waals surface area contributed by atoms with Crippen LogP contribution in [0, 0.1) is 0 Å². The first-order chi connectivity index (χ1) is 11.6. The minimum atomic E-state index is -0.254. The number of nitrogens with zero attached hydrogens (tertiary/aromatic N) is 3.